The van der Waals surface area contributed by atoms with E-state index in [0.29, 0.717) is 18.9 Å². The van der Waals surface area contributed by atoms with Crippen molar-refractivity contribution in [1.29, 1.82) is 0 Å². The summed E-state index contributed by atoms with van der Waals surface area (Å²) in [5.74, 6) is -0.716. The highest BCUT2D eigenvalue weighted by Gasteiger charge is 2.33. The lowest BCUT2D eigenvalue weighted by molar-refractivity contribution is -0.149. The average Bonchev–Trinajstić information content (AvgIpc) is 3.44. The summed E-state index contributed by atoms with van der Waals surface area (Å²) in [5, 5.41) is 0. The number of ether oxygens (including phenoxy) is 2. The molecule has 5 nitrogen and oxygen atoms in total. The molecule has 1 fully saturated rings. The molecule has 0 radical (unpaired) electrons. The van der Waals surface area contributed by atoms with E-state index in [-0.39, 0.29) is 12.3 Å². The van der Waals surface area contributed by atoms with Gasteiger partial charge < -0.3 is 13.9 Å². The second-order valence-corrected chi connectivity index (χ2v) is 7.50. The van der Waals surface area contributed by atoms with E-state index in [9.17, 15) is 3.89 Å². The van der Waals surface area contributed by atoms with Crippen LogP contribution >= 0.6 is 12.3 Å². The Bertz CT molecular complexity index is 1160. The molecule has 0 N–H and O–H groups in total. The van der Waals surface area contributed by atoms with E-state index in [1.54, 1.807) is 10.2 Å². The van der Waals surface area contributed by atoms with Crippen LogP contribution in [0.2, 0.25) is 0 Å². The predicted octanol–water partition coefficient (Wildman–Crippen LogP) is 5.12. The first-order valence-corrected chi connectivity index (χ1v) is 10.0. The van der Waals surface area contributed by atoms with Gasteiger partial charge in [0.05, 0.1) is 36.1 Å². The minimum Gasteiger partial charge on any atom is -0.344 e. The minimum absolute atomic E-state index is 0.187. The van der Waals surface area contributed by atoms with Gasteiger partial charge in [-0.25, -0.2) is 8.96 Å². The SMILES string of the molecule is CCc1c(-c2ccc(C3(C)OCCO3)cc2)n(SF)c2ncc3cccn3c12. The monoisotopic (exact) mass is 397 g/mol. The number of nitrogens with zero attached hydrogens (tertiary/aromatic N) is 3. The van der Waals surface area contributed by atoms with E-state index in [1.807, 2.05) is 49.5 Å². The van der Waals surface area contributed by atoms with E-state index in [1.165, 1.54) is 0 Å². The fraction of sp³-hybridized carbons (Fsp3) is 0.286. The van der Waals surface area contributed by atoms with Crippen molar-refractivity contribution in [2.75, 3.05) is 13.2 Å². The molecule has 1 aliphatic heterocycles. The number of halogens is 1. The molecule has 1 aromatic carbocycles. The largest absolute Gasteiger partial charge is 0.344 e. The molecule has 1 aliphatic rings. The highest BCUT2D eigenvalue weighted by molar-refractivity contribution is 7.93. The van der Waals surface area contributed by atoms with Crippen molar-refractivity contribution in [3.63, 3.8) is 0 Å². The lowest BCUT2D eigenvalue weighted by Gasteiger charge is -2.23. The summed E-state index contributed by atoms with van der Waals surface area (Å²) < 4.78 is 29.2. The predicted molar refractivity (Wildman–Crippen MR) is 109 cm³/mol. The van der Waals surface area contributed by atoms with Crippen LogP contribution in [0.15, 0.2) is 48.8 Å². The Morgan fingerprint density at radius 2 is 1.93 bits per heavy atom. The Morgan fingerprint density at radius 1 is 1.18 bits per heavy atom. The van der Waals surface area contributed by atoms with Gasteiger partial charge in [-0.3, -0.25) is 0 Å². The smallest absolute Gasteiger partial charge is 0.192 e. The first-order chi connectivity index (χ1) is 13.7. The van der Waals surface area contributed by atoms with Crippen LogP contribution in [-0.2, 0) is 21.7 Å². The zero-order valence-electron chi connectivity index (χ0n) is 15.7. The van der Waals surface area contributed by atoms with Crippen molar-refractivity contribution in [3.8, 4) is 11.3 Å². The fourth-order valence-electron chi connectivity index (χ4n) is 4.07. The van der Waals surface area contributed by atoms with Crippen LogP contribution in [-0.4, -0.2) is 26.6 Å². The summed E-state index contributed by atoms with van der Waals surface area (Å²) in [7, 11) is 0. The lowest BCUT2D eigenvalue weighted by Crippen LogP contribution is -2.22. The third kappa shape index (κ3) is 2.50. The normalized spacial score (nSPS) is 16.4. The molecule has 0 bridgehead atoms. The Kier molecular flexibility index (Phi) is 4.19. The van der Waals surface area contributed by atoms with Crippen molar-refractivity contribution in [2.24, 2.45) is 0 Å². The van der Waals surface area contributed by atoms with Crippen LogP contribution in [0.25, 0.3) is 27.9 Å². The molecule has 144 valence electrons. The molecule has 0 aliphatic carbocycles. The summed E-state index contributed by atoms with van der Waals surface area (Å²) in [5.41, 5.74) is 6.36. The van der Waals surface area contributed by atoms with Crippen molar-refractivity contribution in [1.82, 2.24) is 13.4 Å². The van der Waals surface area contributed by atoms with E-state index in [0.717, 1.165) is 39.8 Å². The van der Waals surface area contributed by atoms with Crippen molar-refractivity contribution >= 4 is 29.0 Å². The molecular formula is C21H20FN3O2S. The van der Waals surface area contributed by atoms with E-state index < -0.39 is 5.79 Å². The number of aromatic nitrogens is 3. The van der Waals surface area contributed by atoms with Gasteiger partial charge in [-0.15, -0.1) is 3.89 Å². The molecule has 5 rings (SSSR count). The Balaban J connectivity index is 1.72. The highest BCUT2D eigenvalue weighted by Crippen LogP contribution is 2.38. The van der Waals surface area contributed by atoms with Gasteiger partial charge in [0.25, 0.3) is 0 Å². The molecule has 1 saturated heterocycles. The average molecular weight is 397 g/mol. The Morgan fingerprint density at radius 3 is 2.61 bits per heavy atom. The number of benzene rings is 1. The fourth-order valence-corrected chi connectivity index (χ4v) is 4.56. The minimum atomic E-state index is -0.716. The molecule has 3 aromatic heterocycles. The first kappa shape index (κ1) is 17.7. The van der Waals surface area contributed by atoms with Crippen LogP contribution in [0.4, 0.5) is 3.89 Å². The molecule has 28 heavy (non-hydrogen) atoms. The summed E-state index contributed by atoms with van der Waals surface area (Å²) in [4.78, 5) is 4.54. The molecule has 0 saturated carbocycles. The molecule has 0 amide bonds. The third-order valence-corrected chi connectivity index (χ3v) is 5.96. The van der Waals surface area contributed by atoms with Crippen LogP contribution < -0.4 is 0 Å². The number of rotatable bonds is 4. The Hall–Kier alpha value is -2.35. The van der Waals surface area contributed by atoms with E-state index in [2.05, 4.69) is 16.3 Å². The quantitative estimate of drug-likeness (QED) is 0.479. The van der Waals surface area contributed by atoms with E-state index in [4.69, 9.17) is 9.47 Å². The number of hydrogen-bond acceptors (Lipinski definition) is 4. The van der Waals surface area contributed by atoms with Gasteiger partial charge in [0.15, 0.2) is 23.8 Å². The van der Waals surface area contributed by atoms with Gasteiger partial charge in [0, 0.05) is 17.3 Å². The zero-order chi connectivity index (χ0) is 19.3. The maximum absolute atomic E-state index is 14.1. The Labute approximate surface area is 166 Å². The number of hydrogen-bond donors (Lipinski definition) is 0. The second-order valence-electron chi connectivity index (χ2n) is 7.00. The topological polar surface area (TPSA) is 40.7 Å². The first-order valence-electron chi connectivity index (χ1n) is 9.33. The molecule has 0 atom stereocenters. The molecule has 4 heterocycles. The van der Waals surface area contributed by atoms with Crippen molar-refractivity contribution in [2.45, 2.75) is 26.1 Å². The summed E-state index contributed by atoms with van der Waals surface area (Å²) in [6, 6.07) is 12.0. The maximum atomic E-state index is 14.1. The highest BCUT2D eigenvalue weighted by atomic mass is 32.2. The van der Waals surface area contributed by atoms with Crippen molar-refractivity contribution in [3.05, 3.63) is 59.9 Å². The molecule has 0 unspecified atom stereocenters. The molecule has 7 heteroatoms. The second kappa shape index (κ2) is 6.62. The maximum Gasteiger partial charge on any atom is 0.192 e. The third-order valence-electron chi connectivity index (χ3n) is 5.46. The van der Waals surface area contributed by atoms with Crippen LogP contribution in [0, 0.1) is 0 Å². The number of aryl methyl sites for hydroxylation is 1. The molecule has 0 spiro atoms. The molecular weight excluding hydrogens is 377 g/mol. The summed E-state index contributed by atoms with van der Waals surface area (Å²) >= 11 is 0.187. The van der Waals surface area contributed by atoms with E-state index >= 15 is 0 Å². The number of fused-ring (bicyclic) bond motifs is 3. The van der Waals surface area contributed by atoms with Crippen LogP contribution in [0.5, 0.6) is 0 Å². The lowest BCUT2D eigenvalue weighted by atomic mass is 10.0. The van der Waals surface area contributed by atoms with Crippen LogP contribution in [0.3, 0.4) is 0 Å². The van der Waals surface area contributed by atoms with Crippen LogP contribution in [0.1, 0.15) is 25.0 Å². The summed E-state index contributed by atoms with van der Waals surface area (Å²) in [6.07, 6.45) is 4.54. The van der Waals surface area contributed by atoms with Gasteiger partial charge in [0.2, 0.25) is 0 Å². The standard InChI is InChI=1S/C21H20FN3O2S/c1-3-17-18(14-6-8-15(9-7-14)21(2)26-11-12-27-21)25(28-22)20-19(17)24-10-4-5-16(24)13-23-20/h4-10,13H,3,11-12H2,1-2H3. The zero-order valence-corrected chi connectivity index (χ0v) is 16.5. The van der Waals surface area contributed by atoms with Gasteiger partial charge >= 0.3 is 0 Å². The summed E-state index contributed by atoms with van der Waals surface area (Å²) in [6.45, 7) is 5.18. The van der Waals surface area contributed by atoms with Crippen molar-refractivity contribution < 1.29 is 13.4 Å². The van der Waals surface area contributed by atoms with Gasteiger partial charge in [0.1, 0.15) is 0 Å². The van der Waals surface area contributed by atoms with Gasteiger partial charge in [-0.05, 0) is 31.0 Å². The van der Waals surface area contributed by atoms with Gasteiger partial charge in [-0.1, -0.05) is 31.2 Å². The molecule has 4 aromatic rings. The van der Waals surface area contributed by atoms with Gasteiger partial charge in [-0.2, -0.15) is 0 Å².